The highest BCUT2D eigenvalue weighted by atomic mass is 16.5. The summed E-state index contributed by atoms with van der Waals surface area (Å²) in [5.74, 6) is -1.22. The second kappa shape index (κ2) is 5.76. The molecule has 3 unspecified atom stereocenters. The zero-order valence-electron chi connectivity index (χ0n) is 11.7. The van der Waals surface area contributed by atoms with Crippen LogP contribution in [-0.4, -0.2) is 23.6 Å². The maximum atomic E-state index is 12.4. The Hall–Kier alpha value is -2.04. The Labute approximate surface area is 123 Å². The number of hydrogen-bond donors (Lipinski definition) is 2. The Morgan fingerprint density at radius 3 is 2.62 bits per heavy atom. The summed E-state index contributed by atoms with van der Waals surface area (Å²) in [6, 6.07) is 7.44. The number of aliphatic carboxylic acids is 1. The third-order valence-electron chi connectivity index (χ3n) is 4.44. The van der Waals surface area contributed by atoms with Crippen LogP contribution in [0.1, 0.15) is 37.3 Å². The van der Waals surface area contributed by atoms with Crippen molar-refractivity contribution in [2.45, 2.75) is 31.7 Å². The van der Waals surface area contributed by atoms with Gasteiger partial charge in [0.2, 0.25) is 5.91 Å². The molecule has 1 fully saturated rings. The second-order valence-corrected chi connectivity index (χ2v) is 5.75. The first-order valence-corrected chi connectivity index (χ1v) is 7.41. The number of rotatable bonds is 3. The number of fused-ring (bicyclic) bond motifs is 1. The van der Waals surface area contributed by atoms with E-state index in [1.165, 1.54) is 0 Å². The topological polar surface area (TPSA) is 75.6 Å². The molecule has 3 rings (SSSR count). The molecule has 0 radical (unpaired) electrons. The van der Waals surface area contributed by atoms with Crippen molar-refractivity contribution in [1.29, 1.82) is 0 Å². The number of carboxylic acid groups (broad SMARTS) is 1. The summed E-state index contributed by atoms with van der Waals surface area (Å²) in [5.41, 5.74) is 0.966. The minimum absolute atomic E-state index is 0.160. The van der Waals surface area contributed by atoms with Crippen molar-refractivity contribution in [3.63, 3.8) is 0 Å². The van der Waals surface area contributed by atoms with Gasteiger partial charge >= 0.3 is 5.97 Å². The first-order chi connectivity index (χ1) is 10.2. The lowest BCUT2D eigenvalue weighted by Crippen LogP contribution is -2.41. The van der Waals surface area contributed by atoms with Crippen LogP contribution in [0.15, 0.2) is 24.3 Å². The summed E-state index contributed by atoms with van der Waals surface area (Å²) in [4.78, 5) is 23.7. The second-order valence-electron chi connectivity index (χ2n) is 5.75. The largest absolute Gasteiger partial charge is 0.491 e. The molecule has 112 valence electrons. The van der Waals surface area contributed by atoms with Crippen molar-refractivity contribution in [1.82, 2.24) is 5.32 Å². The minimum Gasteiger partial charge on any atom is -0.491 e. The number of benzene rings is 1. The third kappa shape index (κ3) is 2.73. The molecule has 1 aromatic rings. The van der Waals surface area contributed by atoms with E-state index in [9.17, 15) is 14.7 Å². The highest BCUT2D eigenvalue weighted by Crippen LogP contribution is 2.34. The molecular weight excluding hydrogens is 270 g/mol. The molecule has 0 bridgehead atoms. The number of para-hydroxylation sites is 1. The standard InChI is InChI=1S/C16H19NO4/c18-15(10-5-1-2-6-11(10)16(19)20)17-13-9-21-14-8-4-3-7-12(13)14/h3-4,7-8,10-11,13H,1-2,5-6,9H2,(H,17,18)(H,19,20). The lowest BCUT2D eigenvalue weighted by atomic mass is 9.78. The SMILES string of the molecule is O=C(O)C1CCCCC1C(=O)NC1COc2ccccc21. The number of hydrogen-bond acceptors (Lipinski definition) is 3. The molecule has 2 N–H and O–H groups in total. The monoisotopic (exact) mass is 289 g/mol. The van der Waals surface area contributed by atoms with Gasteiger partial charge in [0.1, 0.15) is 12.4 Å². The number of ether oxygens (including phenoxy) is 1. The van der Waals surface area contributed by atoms with Crippen molar-refractivity contribution in [2.75, 3.05) is 6.61 Å². The molecule has 0 spiro atoms. The van der Waals surface area contributed by atoms with E-state index in [2.05, 4.69) is 5.32 Å². The fourth-order valence-corrected chi connectivity index (χ4v) is 3.30. The van der Waals surface area contributed by atoms with Crippen LogP contribution in [0.5, 0.6) is 5.75 Å². The molecule has 2 aliphatic rings. The zero-order chi connectivity index (χ0) is 14.8. The van der Waals surface area contributed by atoms with Crippen molar-refractivity contribution < 1.29 is 19.4 Å². The Morgan fingerprint density at radius 2 is 1.86 bits per heavy atom. The van der Waals surface area contributed by atoms with E-state index in [1.54, 1.807) is 0 Å². The molecule has 1 amide bonds. The van der Waals surface area contributed by atoms with Crippen molar-refractivity contribution in [3.05, 3.63) is 29.8 Å². The summed E-state index contributed by atoms with van der Waals surface area (Å²) in [5, 5.41) is 12.2. The van der Waals surface area contributed by atoms with E-state index in [-0.39, 0.29) is 11.9 Å². The minimum atomic E-state index is -0.863. The first kappa shape index (κ1) is 13.9. The van der Waals surface area contributed by atoms with Crippen LogP contribution in [-0.2, 0) is 9.59 Å². The van der Waals surface area contributed by atoms with Gasteiger partial charge in [0.05, 0.1) is 17.9 Å². The Kier molecular flexibility index (Phi) is 3.82. The highest BCUT2D eigenvalue weighted by Gasteiger charge is 2.37. The van der Waals surface area contributed by atoms with Crippen LogP contribution in [0.25, 0.3) is 0 Å². The van der Waals surface area contributed by atoms with Gasteiger partial charge in [0.15, 0.2) is 0 Å². The van der Waals surface area contributed by atoms with E-state index in [0.717, 1.165) is 24.2 Å². The number of carbonyl (C=O) groups is 2. The lowest BCUT2D eigenvalue weighted by molar-refractivity contribution is -0.149. The Balaban J connectivity index is 1.70. The summed E-state index contributed by atoms with van der Waals surface area (Å²) in [6.07, 6.45) is 3.04. The average molecular weight is 289 g/mol. The zero-order valence-corrected chi connectivity index (χ0v) is 11.7. The van der Waals surface area contributed by atoms with Crippen LogP contribution >= 0.6 is 0 Å². The van der Waals surface area contributed by atoms with Crippen LogP contribution in [0.3, 0.4) is 0 Å². The van der Waals surface area contributed by atoms with E-state index in [1.807, 2.05) is 24.3 Å². The molecule has 21 heavy (non-hydrogen) atoms. The molecule has 0 saturated heterocycles. The lowest BCUT2D eigenvalue weighted by Gasteiger charge is -2.28. The predicted octanol–water partition coefficient (Wildman–Crippen LogP) is 2.13. The maximum Gasteiger partial charge on any atom is 0.307 e. The van der Waals surface area contributed by atoms with Gasteiger partial charge in [0, 0.05) is 5.56 Å². The molecule has 5 nitrogen and oxygen atoms in total. The molecule has 1 aliphatic carbocycles. The fraction of sp³-hybridized carbons (Fsp3) is 0.500. The molecule has 1 heterocycles. The Bertz CT molecular complexity index is 557. The average Bonchev–Trinajstić information content (AvgIpc) is 2.90. The van der Waals surface area contributed by atoms with Gasteiger partial charge in [-0.25, -0.2) is 0 Å². The van der Waals surface area contributed by atoms with E-state index in [4.69, 9.17) is 4.74 Å². The predicted molar refractivity (Wildman–Crippen MR) is 75.9 cm³/mol. The van der Waals surface area contributed by atoms with E-state index >= 15 is 0 Å². The van der Waals surface area contributed by atoms with Crippen molar-refractivity contribution in [3.8, 4) is 5.75 Å². The van der Waals surface area contributed by atoms with Crippen molar-refractivity contribution >= 4 is 11.9 Å². The van der Waals surface area contributed by atoms with Crippen LogP contribution in [0.2, 0.25) is 0 Å². The molecule has 1 aliphatic heterocycles. The van der Waals surface area contributed by atoms with Crippen LogP contribution < -0.4 is 10.1 Å². The quantitative estimate of drug-likeness (QED) is 0.893. The van der Waals surface area contributed by atoms with Gasteiger partial charge in [-0.2, -0.15) is 0 Å². The van der Waals surface area contributed by atoms with E-state index < -0.39 is 17.8 Å². The van der Waals surface area contributed by atoms with Crippen LogP contribution in [0.4, 0.5) is 0 Å². The Morgan fingerprint density at radius 1 is 1.14 bits per heavy atom. The summed E-state index contributed by atoms with van der Waals surface area (Å²) in [6.45, 7) is 0.412. The van der Waals surface area contributed by atoms with Gasteiger partial charge in [-0.05, 0) is 18.9 Å². The van der Waals surface area contributed by atoms with Gasteiger partial charge in [-0.1, -0.05) is 31.0 Å². The number of nitrogens with one attached hydrogen (secondary N) is 1. The van der Waals surface area contributed by atoms with Gasteiger partial charge in [0.25, 0.3) is 0 Å². The summed E-state index contributed by atoms with van der Waals surface area (Å²) >= 11 is 0. The summed E-state index contributed by atoms with van der Waals surface area (Å²) < 4.78 is 5.54. The van der Waals surface area contributed by atoms with Gasteiger partial charge in [-0.15, -0.1) is 0 Å². The van der Waals surface area contributed by atoms with E-state index in [0.29, 0.717) is 19.4 Å². The normalized spacial score (nSPS) is 27.5. The molecule has 5 heteroatoms. The smallest absolute Gasteiger partial charge is 0.307 e. The summed E-state index contributed by atoms with van der Waals surface area (Å²) in [7, 11) is 0. The van der Waals surface area contributed by atoms with Crippen LogP contribution in [0, 0.1) is 11.8 Å². The molecule has 1 saturated carbocycles. The molecule has 0 aromatic heterocycles. The van der Waals surface area contributed by atoms with Crippen molar-refractivity contribution in [2.24, 2.45) is 11.8 Å². The maximum absolute atomic E-state index is 12.4. The third-order valence-corrected chi connectivity index (χ3v) is 4.44. The fourth-order valence-electron chi connectivity index (χ4n) is 3.30. The van der Waals surface area contributed by atoms with Gasteiger partial charge in [-0.3, -0.25) is 9.59 Å². The van der Waals surface area contributed by atoms with Gasteiger partial charge < -0.3 is 15.2 Å². The molecule has 3 atom stereocenters. The number of carbonyl (C=O) groups excluding carboxylic acids is 1. The molecular formula is C16H19NO4. The highest BCUT2D eigenvalue weighted by molar-refractivity contribution is 5.85. The molecule has 1 aromatic carbocycles. The first-order valence-electron chi connectivity index (χ1n) is 7.41. The number of carboxylic acids is 1. The number of amides is 1.